The quantitative estimate of drug-likeness (QED) is 0.154. The Morgan fingerprint density at radius 1 is 0.369 bits per heavy atom. The molecular formula is C80H84Cl2Zr2-2. The summed E-state index contributed by atoms with van der Waals surface area (Å²) in [5.74, 6) is 0. The molecule has 0 heterocycles. The van der Waals surface area contributed by atoms with Crippen molar-refractivity contribution in [1.82, 2.24) is 0 Å². The second-order valence-electron chi connectivity index (χ2n) is 25.8. The molecule has 0 atom stereocenters. The first kappa shape index (κ1) is 69.6. The van der Waals surface area contributed by atoms with Gasteiger partial charge >= 0.3 is 211 Å². The summed E-state index contributed by atoms with van der Waals surface area (Å²) in [4.78, 5) is 0. The monoisotopic (exact) mass is 1290 g/mol. The van der Waals surface area contributed by atoms with Crippen molar-refractivity contribution in [2.24, 2.45) is 0 Å². The average molecular weight is 1300 g/mol. The number of halogens is 2. The molecule has 0 bridgehead atoms. The summed E-state index contributed by atoms with van der Waals surface area (Å²) in [5.41, 5.74) is 25.4. The number of hydrogen-bond donors (Lipinski definition) is 0. The molecule has 0 saturated heterocycles. The van der Waals surface area contributed by atoms with Crippen LogP contribution < -0.4 is 24.8 Å². The molecule has 0 amide bonds. The van der Waals surface area contributed by atoms with Crippen molar-refractivity contribution in [3.8, 4) is 22.3 Å². The molecule has 0 fully saturated rings. The number of benzene rings is 8. The predicted molar refractivity (Wildman–Crippen MR) is 347 cm³/mol. The molecule has 8 aromatic rings. The van der Waals surface area contributed by atoms with Crippen LogP contribution >= 0.6 is 0 Å². The number of allylic oxidation sites excluding steroid dienone is 8. The van der Waals surface area contributed by atoms with E-state index in [2.05, 4.69) is 303 Å². The number of fused-ring (bicyclic) bond motifs is 6. The van der Waals surface area contributed by atoms with Crippen LogP contribution in [0.1, 0.15) is 174 Å². The maximum Gasteiger partial charge on any atom is -0.109 e. The van der Waals surface area contributed by atoms with E-state index in [4.69, 9.17) is 0 Å². The van der Waals surface area contributed by atoms with Gasteiger partial charge in [-0.3, -0.25) is 12.2 Å². The van der Waals surface area contributed by atoms with Gasteiger partial charge in [0.1, 0.15) is 0 Å². The molecule has 0 unspecified atom stereocenters. The van der Waals surface area contributed by atoms with Crippen LogP contribution in [0.25, 0.3) is 22.3 Å². The zero-order chi connectivity index (χ0) is 59.2. The van der Waals surface area contributed by atoms with Crippen LogP contribution in [-0.4, -0.2) is 6.41 Å². The zero-order valence-electron chi connectivity index (χ0n) is 52.2. The van der Waals surface area contributed by atoms with Gasteiger partial charge in [-0.25, -0.2) is 24.3 Å². The Labute approximate surface area is 549 Å². The van der Waals surface area contributed by atoms with E-state index in [0.717, 1.165) is 25.7 Å². The van der Waals surface area contributed by atoms with Gasteiger partial charge in [0.2, 0.25) is 0 Å². The van der Waals surface area contributed by atoms with E-state index in [0.29, 0.717) is 0 Å². The largest absolute Gasteiger partial charge is 1.00 e. The van der Waals surface area contributed by atoms with Gasteiger partial charge in [-0.1, -0.05) is 131 Å². The molecule has 428 valence electrons. The third kappa shape index (κ3) is 19.9. The van der Waals surface area contributed by atoms with Crippen molar-refractivity contribution in [1.29, 1.82) is 0 Å². The van der Waals surface area contributed by atoms with Gasteiger partial charge < -0.3 is 24.8 Å². The van der Waals surface area contributed by atoms with Crippen LogP contribution in [-0.2, 0) is 83.0 Å². The maximum atomic E-state index is 3.67. The van der Waals surface area contributed by atoms with Gasteiger partial charge in [-0.2, -0.15) is 59.7 Å². The molecule has 4 heteroatoms. The summed E-state index contributed by atoms with van der Waals surface area (Å²) < 4.78 is 2.84. The van der Waals surface area contributed by atoms with Gasteiger partial charge in [-0.05, 0) is 56.8 Å². The van der Waals surface area contributed by atoms with Crippen molar-refractivity contribution in [2.75, 3.05) is 0 Å². The molecule has 0 radical (unpaired) electrons. The first-order chi connectivity index (χ1) is 38.9. The van der Waals surface area contributed by atoms with E-state index in [1.54, 1.807) is 0 Å². The summed E-state index contributed by atoms with van der Waals surface area (Å²) in [6.07, 6.45) is 22.1. The summed E-state index contributed by atoms with van der Waals surface area (Å²) in [5, 5.41) is 0. The molecule has 84 heavy (non-hydrogen) atoms. The molecule has 0 aliphatic heterocycles. The van der Waals surface area contributed by atoms with Gasteiger partial charge in [0, 0.05) is 0 Å². The van der Waals surface area contributed by atoms with Crippen LogP contribution in [0.2, 0.25) is 0 Å². The fourth-order valence-corrected chi connectivity index (χ4v) is 11.4. The molecule has 8 aromatic carbocycles. The van der Waals surface area contributed by atoms with E-state index >= 15 is 0 Å². The summed E-state index contributed by atoms with van der Waals surface area (Å²) in [6, 6.07) is 69.0. The molecule has 0 spiro atoms. The van der Waals surface area contributed by atoms with E-state index in [-0.39, 0.29) is 46.5 Å². The molecule has 4 aliphatic rings. The molecule has 0 aromatic heterocycles. The Hall–Kier alpha value is -5.19. The molecule has 0 N–H and O–H groups in total. The van der Waals surface area contributed by atoms with Crippen LogP contribution in [0.5, 0.6) is 0 Å². The Bertz CT molecular complexity index is 3180. The van der Waals surface area contributed by atoms with E-state index in [9.17, 15) is 0 Å². The van der Waals surface area contributed by atoms with Crippen LogP contribution in [0.15, 0.2) is 206 Å². The minimum absolute atomic E-state index is 0. The topological polar surface area (TPSA) is 0 Å². The Morgan fingerprint density at radius 3 is 0.964 bits per heavy atom. The Balaban J connectivity index is 0.000000194. The third-order valence-electron chi connectivity index (χ3n) is 14.9. The molecule has 12 rings (SSSR count). The third-order valence-corrected chi connectivity index (χ3v) is 17.7. The van der Waals surface area contributed by atoms with Crippen LogP contribution in [0, 0.1) is 38.1 Å². The van der Waals surface area contributed by atoms with Crippen LogP contribution in [0.3, 0.4) is 0 Å². The van der Waals surface area contributed by atoms with Crippen molar-refractivity contribution in [3.63, 3.8) is 0 Å². The fraction of sp³-hybridized carbons (Fsp3) is 0.275. The second kappa shape index (κ2) is 31.5. The van der Waals surface area contributed by atoms with Crippen molar-refractivity contribution < 1.29 is 73.3 Å². The fourth-order valence-electron chi connectivity index (χ4n) is 9.72. The van der Waals surface area contributed by atoms with Gasteiger partial charge in [-0.15, -0.1) is 35.1 Å². The molecule has 0 saturated carbocycles. The van der Waals surface area contributed by atoms with E-state index in [1.807, 2.05) is 24.3 Å². The maximum absolute atomic E-state index is 3.67. The van der Waals surface area contributed by atoms with Crippen LogP contribution in [0.4, 0.5) is 0 Å². The predicted octanol–water partition coefficient (Wildman–Crippen LogP) is 14.1. The average Bonchev–Trinajstić information content (AvgIpc) is 3.96. The number of aryl methyl sites for hydroxylation is 2. The van der Waals surface area contributed by atoms with E-state index < -0.39 is 0 Å². The number of rotatable bonds is 4. The molecule has 0 nitrogen and oxygen atoms in total. The van der Waals surface area contributed by atoms with Crippen molar-refractivity contribution in [3.05, 3.63) is 308 Å². The minimum Gasteiger partial charge on any atom is -1.00 e. The Kier molecular flexibility index (Phi) is 26.1. The minimum atomic E-state index is 0. The van der Waals surface area contributed by atoms with Crippen molar-refractivity contribution >= 4 is 6.41 Å². The smallest absolute Gasteiger partial charge is 0.109 e. The SMILES string of the molecule is CC(C)(C)c1[c-]c2c(cc1)-c1ccc(C(C)(C)C)cc1C2.CC(C)(C)c1[c-]c2c(cc1)-c1ccc(C(C)(C)C)cc1C2.Cc1ccc([C](=[Zr+2])c2ccccc2)cc1.Cc1ccc([C](=[Zr+2])c2ccccc2)cc1.[C-]1=CC=CC1.[C-]1=CC=CC1.[Cl-].[Cl-]. The summed E-state index contributed by atoms with van der Waals surface area (Å²) in [6.45, 7) is 31.4. The number of hydrogen-bond acceptors (Lipinski definition) is 0. The molecule has 4 aliphatic carbocycles. The van der Waals surface area contributed by atoms with Gasteiger partial charge in [0.15, 0.2) is 0 Å². The summed E-state index contributed by atoms with van der Waals surface area (Å²) >= 11 is 2.92. The van der Waals surface area contributed by atoms with Gasteiger partial charge in [0.05, 0.1) is 0 Å². The van der Waals surface area contributed by atoms with Gasteiger partial charge in [0.25, 0.3) is 0 Å². The van der Waals surface area contributed by atoms with E-state index in [1.165, 1.54) is 155 Å². The Morgan fingerprint density at radius 2 is 0.690 bits per heavy atom. The first-order valence-corrected chi connectivity index (χ1v) is 31.6. The molecular weight excluding hydrogens is 1210 g/mol. The second-order valence-corrected chi connectivity index (χ2v) is 28.3. The first-order valence-electron chi connectivity index (χ1n) is 29.1. The summed E-state index contributed by atoms with van der Waals surface area (Å²) in [7, 11) is 0. The standard InChI is InChI=1S/2C21H25.2C14H12.2C5H5.2ClH.2Zr/c2*1-20(2,3)16-7-9-18-14(12-16)11-15-13-17(21(4,5)6)8-10-19(15)18;2*1-12-7-9-14(10-8-12)11-13-5-3-2-4-6-13;2*1-2-4-5-3-1;;;;/h2*7-10,12H,11H2,1-6H3;2*2-10H,1H3;2*1-3H,4H2;2*1H;;/q2*-1;;;2*-1;;;2*+2/p-2. The van der Waals surface area contributed by atoms with Crippen molar-refractivity contribution in [2.45, 2.75) is 144 Å². The normalized spacial score (nSPS) is 12.7. The zero-order valence-corrected chi connectivity index (χ0v) is 58.6.